The molecule has 0 radical (unpaired) electrons. The number of ether oxygens (including phenoxy) is 1. The van der Waals surface area contributed by atoms with Crippen LogP contribution in [0.15, 0.2) is 18.2 Å². The van der Waals surface area contributed by atoms with Gasteiger partial charge in [-0.05, 0) is 25.1 Å². The van der Waals surface area contributed by atoms with E-state index in [1.54, 1.807) is 6.92 Å². The second-order valence-corrected chi connectivity index (χ2v) is 4.03. The van der Waals surface area contributed by atoms with Crippen LogP contribution in [-0.2, 0) is 9.53 Å². The largest absolute Gasteiger partial charge is 0.506 e. The maximum atomic E-state index is 11.5. The van der Waals surface area contributed by atoms with Gasteiger partial charge in [0.2, 0.25) is 0 Å². The van der Waals surface area contributed by atoms with Crippen LogP contribution in [0.25, 0.3) is 0 Å². The zero-order chi connectivity index (χ0) is 14.3. The Morgan fingerprint density at radius 1 is 1.42 bits per heavy atom. The van der Waals surface area contributed by atoms with Gasteiger partial charge in [-0.15, -0.1) is 0 Å². The molecule has 2 amide bonds. The van der Waals surface area contributed by atoms with Crippen LogP contribution in [0.1, 0.15) is 13.3 Å². The third-order valence-electron chi connectivity index (χ3n) is 2.13. The van der Waals surface area contributed by atoms with Crippen molar-refractivity contribution in [2.75, 3.05) is 18.5 Å². The molecule has 0 aliphatic rings. The standard InChI is InChI=1S/C12H15ClN2O4/c1-2-19-11(17)5-6-14-12(18)15-9-7-8(13)3-4-10(9)16/h3-4,7,16H,2,5-6H2,1H3,(H2,14,15,18). The molecule has 0 saturated carbocycles. The average Bonchev–Trinajstić information content (AvgIpc) is 2.34. The van der Waals surface area contributed by atoms with E-state index in [0.29, 0.717) is 11.6 Å². The maximum Gasteiger partial charge on any atom is 0.319 e. The fourth-order valence-corrected chi connectivity index (χ4v) is 1.46. The Hall–Kier alpha value is -1.95. The number of amides is 2. The summed E-state index contributed by atoms with van der Waals surface area (Å²) in [6, 6.07) is 3.75. The first-order valence-corrected chi connectivity index (χ1v) is 6.09. The molecule has 0 atom stereocenters. The van der Waals surface area contributed by atoms with Gasteiger partial charge in [-0.2, -0.15) is 0 Å². The molecule has 0 aliphatic carbocycles. The van der Waals surface area contributed by atoms with Crippen LogP contribution in [0, 0.1) is 0 Å². The van der Waals surface area contributed by atoms with E-state index in [1.165, 1.54) is 18.2 Å². The van der Waals surface area contributed by atoms with Gasteiger partial charge in [0.15, 0.2) is 0 Å². The molecule has 1 rings (SSSR count). The highest BCUT2D eigenvalue weighted by atomic mass is 35.5. The summed E-state index contributed by atoms with van der Waals surface area (Å²) >= 11 is 5.74. The first-order chi connectivity index (χ1) is 9.02. The van der Waals surface area contributed by atoms with E-state index in [4.69, 9.17) is 16.3 Å². The lowest BCUT2D eigenvalue weighted by Crippen LogP contribution is -2.30. The lowest BCUT2D eigenvalue weighted by Gasteiger charge is -2.09. The van der Waals surface area contributed by atoms with E-state index >= 15 is 0 Å². The average molecular weight is 287 g/mol. The smallest absolute Gasteiger partial charge is 0.319 e. The van der Waals surface area contributed by atoms with Gasteiger partial charge in [-0.25, -0.2) is 4.79 Å². The lowest BCUT2D eigenvalue weighted by atomic mass is 10.3. The van der Waals surface area contributed by atoms with Gasteiger partial charge in [0.1, 0.15) is 5.75 Å². The van der Waals surface area contributed by atoms with E-state index in [1.807, 2.05) is 0 Å². The summed E-state index contributed by atoms with van der Waals surface area (Å²) in [5, 5.41) is 14.8. The quantitative estimate of drug-likeness (QED) is 0.571. The maximum absolute atomic E-state index is 11.5. The predicted molar refractivity (Wildman–Crippen MR) is 71.4 cm³/mol. The number of anilines is 1. The van der Waals surface area contributed by atoms with Crippen molar-refractivity contribution in [3.63, 3.8) is 0 Å². The summed E-state index contributed by atoms with van der Waals surface area (Å²) in [7, 11) is 0. The third kappa shape index (κ3) is 5.48. The number of aromatic hydroxyl groups is 1. The van der Waals surface area contributed by atoms with Gasteiger partial charge >= 0.3 is 12.0 Å². The van der Waals surface area contributed by atoms with Crippen molar-refractivity contribution in [2.24, 2.45) is 0 Å². The number of urea groups is 1. The second kappa shape index (κ2) is 7.48. The molecule has 19 heavy (non-hydrogen) atoms. The second-order valence-electron chi connectivity index (χ2n) is 3.60. The topological polar surface area (TPSA) is 87.7 Å². The number of rotatable bonds is 5. The number of phenolic OH excluding ortho intramolecular Hbond substituents is 1. The van der Waals surface area contributed by atoms with Gasteiger partial charge in [0.25, 0.3) is 0 Å². The Balaban J connectivity index is 2.39. The molecule has 0 unspecified atom stereocenters. The summed E-state index contributed by atoms with van der Waals surface area (Å²) in [4.78, 5) is 22.5. The minimum atomic E-state index is -0.540. The van der Waals surface area contributed by atoms with Crippen LogP contribution < -0.4 is 10.6 Å². The van der Waals surface area contributed by atoms with Crippen LogP contribution in [0.4, 0.5) is 10.5 Å². The molecule has 3 N–H and O–H groups in total. The number of hydrogen-bond donors (Lipinski definition) is 3. The molecule has 6 nitrogen and oxygen atoms in total. The number of nitrogens with one attached hydrogen (secondary N) is 2. The Morgan fingerprint density at radius 2 is 2.16 bits per heavy atom. The number of phenols is 1. The van der Waals surface area contributed by atoms with Gasteiger partial charge in [-0.3, -0.25) is 4.79 Å². The molecule has 0 spiro atoms. The van der Waals surface area contributed by atoms with Crippen LogP contribution in [-0.4, -0.2) is 30.3 Å². The van der Waals surface area contributed by atoms with Crippen LogP contribution >= 0.6 is 11.6 Å². The van der Waals surface area contributed by atoms with Gasteiger partial charge in [0, 0.05) is 11.6 Å². The van der Waals surface area contributed by atoms with E-state index in [0.717, 1.165) is 0 Å². The van der Waals surface area contributed by atoms with E-state index in [9.17, 15) is 14.7 Å². The van der Waals surface area contributed by atoms with Crippen molar-refractivity contribution in [3.05, 3.63) is 23.2 Å². The molecule has 0 aromatic heterocycles. The van der Waals surface area contributed by atoms with Gasteiger partial charge in [-0.1, -0.05) is 11.6 Å². The Morgan fingerprint density at radius 3 is 2.84 bits per heavy atom. The Bertz CT molecular complexity index is 465. The molecule has 0 saturated heterocycles. The molecule has 1 aromatic carbocycles. The number of hydrogen-bond acceptors (Lipinski definition) is 4. The molecule has 0 heterocycles. The molecular weight excluding hydrogens is 272 g/mol. The molecule has 0 fully saturated rings. The summed E-state index contributed by atoms with van der Waals surface area (Å²) in [5.74, 6) is -0.474. The lowest BCUT2D eigenvalue weighted by molar-refractivity contribution is -0.142. The predicted octanol–water partition coefficient (Wildman–Crippen LogP) is 2.12. The van der Waals surface area contributed by atoms with Crippen molar-refractivity contribution in [2.45, 2.75) is 13.3 Å². The zero-order valence-electron chi connectivity index (χ0n) is 10.4. The molecule has 1 aromatic rings. The van der Waals surface area contributed by atoms with Crippen molar-refractivity contribution >= 4 is 29.3 Å². The fourth-order valence-electron chi connectivity index (χ4n) is 1.29. The van der Waals surface area contributed by atoms with Crippen LogP contribution in [0.5, 0.6) is 5.75 Å². The highest BCUT2D eigenvalue weighted by molar-refractivity contribution is 6.31. The van der Waals surface area contributed by atoms with E-state index < -0.39 is 6.03 Å². The number of carbonyl (C=O) groups excluding carboxylic acids is 2. The summed E-state index contributed by atoms with van der Waals surface area (Å²) in [6.45, 7) is 2.16. The first-order valence-electron chi connectivity index (χ1n) is 5.72. The monoisotopic (exact) mass is 286 g/mol. The summed E-state index contributed by atoms with van der Waals surface area (Å²) in [5.41, 5.74) is 0.195. The van der Waals surface area contributed by atoms with Crippen LogP contribution in [0.3, 0.4) is 0 Å². The summed E-state index contributed by atoms with van der Waals surface area (Å²) in [6.07, 6.45) is 0.0861. The molecule has 7 heteroatoms. The molecular formula is C12H15ClN2O4. The first kappa shape index (κ1) is 15.1. The van der Waals surface area contributed by atoms with E-state index in [2.05, 4.69) is 10.6 Å². The van der Waals surface area contributed by atoms with Crippen LogP contribution in [0.2, 0.25) is 5.02 Å². The van der Waals surface area contributed by atoms with Gasteiger partial charge < -0.3 is 20.5 Å². The van der Waals surface area contributed by atoms with Crippen molar-refractivity contribution in [1.29, 1.82) is 0 Å². The zero-order valence-corrected chi connectivity index (χ0v) is 11.2. The SMILES string of the molecule is CCOC(=O)CCNC(=O)Nc1cc(Cl)ccc1O. The minimum Gasteiger partial charge on any atom is -0.506 e. The molecule has 104 valence electrons. The fraction of sp³-hybridized carbons (Fsp3) is 0.333. The van der Waals surface area contributed by atoms with Crippen molar-refractivity contribution in [1.82, 2.24) is 5.32 Å². The third-order valence-corrected chi connectivity index (χ3v) is 2.36. The van der Waals surface area contributed by atoms with Crippen molar-refractivity contribution in [3.8, 4) is 5.75 Å². The minimum absolute atomic E-state index is 0.0861. The highest BCUT2D eigenvalue weighted by Gasteiger charge is 2.07. The normalized spacial score (nSPS) is 9.79. The summed E-state index contributed by atoms with van der Waals surface area (Å²) < 4.78 is 4.71. The Kier molecular flexibility index (Phi) is 5.95. The van der Waals surface area contributed by atoms with E-state index in [-0.39, 0.29) is 30.4 Å². The van der Waals surface area contributed by atoms with Crippen molar-refractivity contribution < 1.29 is 19.4 Å². The van der Waals surface area contributed by atoms with Gasteiger partial charge in [0.05, 0.1) is 18.7 Å². The number of benzene rings is 1. The number of halogens is 1. The molecule has 0 aliphatic heterocycles. The number of esters is 1. The highest BCUT2D eigenvalue weighted by Crippen LogP contribution is 2.26. The number of carbonyl (C=O) groups is 2. The molecule has 0 bridgehead atoms. The Labute approximate surface area is 115 Å².